The molecule has 0 spiro atoms. The molecule has 0 amide bonds. The zero-order chi connectivity index (χ0) is 10.7. The molecule has 0 saturated carbocycles. The van der Waals surface area contributed by atoms with Crippen LogP contribution in [0.1, 0.15) is 45.4 Å². The number of rotatable bonds is 4. The van der Waals surface area contributed by atoms with Gasteiger partial charge in [0.2, 0.25) is 0 Å². The fraction of sp³-hybridized carbons (Fsp3) is 0.643. The fourth-order valence-electron chi connectivity index (χ4n) is 2.71. The minimum Gasteiger partial charge on any atom is -0.367 e. The summed E-state index contributed by atoms with van der Waals surface area (Å²) in [6.07, 6.45) is 11.9. The molecule has 0 bridgehead atoms. The zero-order valence-corrected chi connectivity index (χ0v) is 9.72. The Morgan fingerprint density at radius 1 is 1.20 bits per heavy atom. The predicted molar refractivity (Wildman–Crippen MR) is 63.6 cm³/mol. The van der Waals surface area contributed by atoms with Crippen molar-refractivity contribution in [3.8, 4) is 0 Å². The van der Waals surface area contributed by atoms with Crippen molar-refractivity contribution in [2.75, 3.05) is 6.61 Å². The summed E-state index contributed by atoms with van der Waals surface area (Å²) in [4.78, 5) is 0. The van der Waals surface area contributed by atoms with Crippen LogP contribution < -0.4 is 0 Å². The van der Waals surface area contributed by atoms with Crippen molar-refractivity contribution in [3.05, 3.63) is 30.2 Å². The highest BCUT2D eigenvalue weighted by Crippen LogP contribution is 2.40. The summed E-state index contributed by atoms with van der Waals surface area (Å²) >= 11 is 0. The Morgan fingerprint density at radius 2 is 1.73 bits per heavy atom. The highest BCUT2D eigenvalue weighted by Gasteiger charge is 2.35. The van der Waals surface area contributed by atoms with Gasteiger partial charge in [0.1, 0.15) is 5.60 Å². The van der Waals surface area contributed by atoms with Crippen molar-refractivity contribution in [3.63, 3.8) is 0 Å². The van der Waals surface area contributed by atoms with Gasteiger partial charge < -0.3 is 4.74 Å². The third kappa shape index (κ3) is 2.03. The molecule has 0 aromatic carbocycles. The summed E-state index contributed by atoms with van der Waals surface area (Å²) < 4.78 is 5.95. The van der Waals surface area contributed by atoms with E-state index in [0.717, 1.165) is 6.61 Å². The average Bonchev–Trinajstić information content (AvgIpc) is 2.92. The molecule has 1 heteroatoms. The molecule has 0 atom stereocenters. The molecule has 0 fully saturated rings. The van der Waals surface area contributed by atoms with Crippen LogP contribution in [0.4, 0.5) is 0 Å². The van der Waals surface area contributed by atoms with E-state index in [1.54, 1.807) is 0 Å². The lowest BCUT2D eigenvalue weighted by Crippen LogP contribution is -2.33. The molecular formula is C14H21O. The molecular weight excluding hydrogens is 184 g/mol. The topological polar surface area (TPSA) is 9.23 Å². The standard InChI is InChI=1S/C14H21O/c1-3-15-14(2,12-8-4-5-9-12)13-10-6-7-11-13/h8,10H,2-7,9,11H2,1H3. The Kier molecular flexibility index (Phi) is 3.30. The van der Waals surface area contributed by atoms with Crippen molar-refractivity contribution in [2.24, 2.45) is 0 Å². The third-order valence-electron chi connectivity index (χ3n) is 3.51. The Labute approximate surface area is 93.2 Å². The van der Waals surface area contributed by atoms with E-state index < -0.39 is 0 Å². The van der Waals surface area contributed by atoms with Gasteiger partial charge in [0.05, 0.1) is 0 Å². The minimum atomic E-state index is -0.318. The van der Waals surface area contributed by atoms with Crippen molar-refractivity contribution >= 4 is 0 Å². The molecule has 2 aliphatic rings. The molecule has 0 N–H and O–H groups in total. The second-order valence-electron chi connectivity index (χ2n) is 4.50. The Hall–Kier alpha value is -0.560. The predicted octanol–water partition coefficient (Wildman–Crippen LogP) is 3.82. The summed E-state index contributed by atoms with van der Waals surface area (Å²) in [5.74, 6) is 0. The first-order valence-corrected chi connectivity index (χ1v) is 6.15. The molecule has 15 heavy (non-hydrogen) atoms. The molecule has 0 aliphatic heterocycles. The van der Waals surface area contributed by atoms with Crippen molar-refractivity contribution in [2.45, 2.75) is 51.0 Å². The van der Waals surface area contributed by atoms with Crippen LogP contribution in [0.3, 0.4) is 0 Å². The maximum Gasteiger partial charge on any atom is 0.110 e. The van der Waals surface area contributed by atoms with Crippen LogP contribution in [0.5, 0.6) is 0 Å². The monoisotopic (exact) mass is 205 g/mol. The minimum absolute atomic E-state index is 0.318. The van der Waals surface area contributed by atoms with E-state index in [2.05, 4.69) is 26.0 Å². The van der Waals surface area contributed by atoms with Crippen LogP contribution >= 0.6 is 0 Å². The lowest BCUT2D eigenvalue weighted by atomic mass is 9.86. The van der Waals surface area contributed by atoms with E-state index in [1.165, 1.54) is 49.7 Å². The largest absolute Gasteiger partial charge is 0.367 e. The second kappa shape index (κ2) is 4.52. The normalized spacial score (nSPS) is 21.7. The number of hydrogen-bond acceptors (Lipinski definition) is 1. The maximum atomic E-state index is 5.95. The lowest BCUT2D eigenvalue weighted by molar-refractivity contribution is 0.0494. The van der Waals surface area contributed by atoms with E-state index in [-0.39, 0.29) is 5.60 Å². The molecule has 0 unspecified atom stereocenters. The summed E-state index contributed by atoms with van der Waals surface area (Å²) in [5.41, 5.74) is 2.51. The highest BCUT2D eigenvalue weighted by molar-refractivity contribution is 5.38. The number of allylic oxidation sites excluding steroid dienone is 2. The molecule has 0 aromatic heterocycles. The zero-order valence-electron chi connectivity index (χ0n) is 9.72. The first kappa shape index (κ1) is 10.9. The van der Waals surface area contributed by atoms with Gasteiger partial charge in [0.25, 0.3) is 0 Å². The van der Waals surface area contributed by atoms with Crippen LogP contribution in [-0.2, 0) is 4.74 Å². The van der Waals surface area contributed by atoms with Gasteiger partial charge in [-0.25, -0.2) is 0 Å². The quantitative estimate of drug-likeness (QED) is 0.634. The molecule has 1 radical (unpaired) electrons. The van der Waals surface area contributed by atoms with E-state index >= 15 is 0 Å². The van der Waals surface area contributed by atoms with Gasteiger partial charge in [-0.3, -0.25) is 0 Å². The van der Waals surface area contributed by atoms with E-state index in [9.17, 15) is 0 Å². The van der Waals surface area contributed by atoms with E-state index in [0.29, 0.717) is 0 Å². The van der Waals surface area contributed by atoms with Gasteiger partial charge in [-0.15, -0.1) is 0 Å². The SMILES string of the molecule is [CH2]C(OCC)(C1=CCCC1)C1=CCCC1. The van der Waals surface area contributed by atoms with Crippen molar-refractivity contribution in [1.82, 2.24) is 0 Å². The van der Waals surface area contributed by atoms with Crippen LogP contribution in [0, 0.1) is 6.92 Å². The highest BCUT2D eigenvalue weighted by atomic mass is 16.5. The number of ether oxygens (including phenoxy) is 1. The smallest absolute Gasteiger partial charge is 0.110 e. The van der Waals surface area contributed by atoms with Crippen LogP contribution in [0.25, 0.3) is 0 Å². The molecule has 83 valence electrons. The maximum absolute atomic E-state index is 5.95. The second-order valence-corrected chi connectivity index (χ2v) is 4.50. The summed E-state index contributed by atoms with van der Waals surface area (Å²) in [5, 5.41) is 0. The van der Waals surface area contributed by atoms with E-state index in [1.807, 2.05) is 0 Å². The van der Waals surface area contributed by atoms with Crippen molar-refractivity contribution < 1.29 is 4.74 Å². The van der Waals surface area contributed by atoms with Crippen LogP contribution in [0.15, 0.2) is 23.3 Å². The Morgan fingerprint density at radius 3 is 2.07 bits per heavy atom. The number of hydrogen-bond donors (Lipinski definition) is 0. The Balaban J connectivity index is 2.22. The molecule has 2 aliphatic carbocycles. The summed E-state index contributed by atoms with van der Waals surface area (Å²) in [7, 11) is 0. The lowest BCUT2D eigenvalue weighted by Gasteiger charge is -2.33. The summed E-state index contributed by atoms with van der Waals surface area (Å²) in [6.45, 7) is 7.17. The molecule has 2 rings (SSSR count). The van der Waals surface area contributed by atoms with Gasteiger partial charge in [0, 0.05) is 6.61 Å². The van der Waals surface area contributed by atoms with Crippen molar-refractivity contribution in [1.29, 1.82) is 0 Å². The average molecular weight is 205 g/mol. The fourth-order valence-corrected chi connectivity index (χ4v) is 2.71. The Bertz CT molecular complexity index is 262. The summed E-state index contributed by atoms with van der Waals surface area (Å²) in [6, 6.07) is 0. The van der Waals surface area contributed by atoms with Gasteiger partial charge in [-0.2, -0.15) is 0 Å². The van der Waals surface area contributed by atoms with Gasteiger partial charge in [-0.05, 0) is 63.5 Å². The van der Waals surface area contributed by atoms with Gasteiger partial charge >= 0.3 is 0 Å². The molecule has 0 heterocycles. The van der Waals surface area contributed by atoms with Gasteiger partial charge in [0.15, 0.2) is 0 Å². The first-order chi connectivity index (χ1) is 7.27. The van der Waals surface area contributed by atoms with Crippen LogP contribution in [0.2, 0.25) is 0 Å². The third-order valence-corrected chi connectivity index (χ3v) is 3.51. The first-order valence-electron chi connectivity index (χ1n) is 6.15. The molecule has 0 saturated heterocycles. The molecule has 1 nitrogen and oxygen atoms in total. The van der Waals surface area contributed by atoms with E-state index in [4.69, 9.17) is 4.74 Å². The molecule has 0 aromatic rings. The van der Waals surface area contributed by atoms with Crippen LogP contribution in [-0.4, -0.2) is 12.2 Å². The van der Waals surface area contributed by atoms with Gasteiger partial charge in [-0.1, -0.05) is 12.2 Å².